The van der Waals surface area contributed by atoms with Gasteiger partial charge in [0.1, 0.15) is 5.82 Å². The fraction of sp³-hybridized carbons (Fsp3) is 0.444. The normalized spacial score (nSPS) is 13.9. The first-order valence-electron chi connectivity index (χ1n) is 8.30. The van der Waals surface area contributed by atoms with Crippen LogP contribution in [0.2, 0.25) is 0 Å². The number of nitrogens with zero attached hydrogens (tertiary/aromatic N) is 2. The summed E-state index contributed by atoms with van der Waals surface area (Å²) in [6.45, 7) is 3.18. The molecule has 1 aliphatic rings. The topological polar surface area (TPSA) is 49.8 Å². The predicted octanol–water partition coefficient (Wildman–Crippen LogP) is 4.32. The van der Waals surface area contributed by atoms with Crippen LogP contribution >= 0.6 is 0 Å². The van der Waals surface area contributed by atoms with Gasteiger partial charge in [-0.2, -0.15) is 4.98 Å². The molecule has 0 radical (unpaired) electrons. The van der Waals surface area contributed by atoms with E-state index in [1.54, 1.807) is 0 Å². The average Bonchev–Trinajstić information content (AvgIpc) is 3.36. The number of aromatic nitrogens is 2. The number of anilines is 2. The highest BCUT2D eigenvalue weighted by Crippen LogP contribution is 2.26. The van der Waals surface area contributed by atoms with Gasteiger partial charge in [0.25, 0.3) is 0 Å². The molecule has 0 spiro atoms. The summed E-state index contributed by atoms with van der Waals surface area (Å²) in [5.41, 5.74) is 2.09. The largest absolute Gasteiger partial charge is 0.370 e. The molecule has 0 unspecified atom stereocenters. The van der Waals surface area contributed by atoms with Crippen molar-refractivity contribution in [1.29, 1.82) is 0 Å². The maximum absolute atomic E-state index is 4.67. The van der Waals surface area contributed by atoms with Gasteiger partial charge in [-0.25, -0.2) is 4.98 Å². The van der Waals surface area contributed by atoms with Crippen LogP contribution in [-0.2, 0) is 0 Å². The molecule has 1 aliphatic carbocycles. The van der Waals surface area contributed by atoms with Crippen LogP contribution in [-0.4, -0.2) is 22.6 Å². The predicted molar refractivity (Wildman–Crippen MR) is 92.1 cm³/mol. The molecule has 22 heavy (non-hydrogen) atoms. The lowest BCUT2D eigenvalue weighted by molar-refractivity contribution is 0.742. The zero-order valence-corrected chi connectivity index (χ0v) is 13.2. The van der Waals surface area contributed by atoms with Crippen LogP contribution in [0, 0.1) is 0 Å². The lowest BCUT2D eigenvalue weighted by Crippen LogP contribution is -2.09. The van der Waals surface area contributed by atoms with Crippen molar-refractivity contribution in [2.75, 3.05) is 17.2 Å². The molecule has 0 atom stereocenters. The molecule has 1 heterocycles. The Morgan fingerprint density at radius 1 is 1.09 bits per heavy atom. The van der Waals surface area contributed by atoms with Crippen molar-refractivity contribution in [2.24, 2.45) is 0 Å². The molecule has 4 heteroatoms. The first-order chi connectivity index (χ1) is 10.8. The third kappa shape index (κ3) is 4.20. The maximum Gasteiger partial charge on any atom is 0.225 e. The van der Waals surface area contributed by atoms with Gasteiger partial charge in [0.05, 0.1) is 5.69 Å². The van der Waals surface area contributed by atoms with Crippen molar-refractivity contribution in [3.8, 4) is 11.3 Å². The Morgan fingerprint density at radius 2 is 1.91 bits per heavy atom. The Morgan fingerprint density at radius 3 is 2.64 bits per heavy atom. The van der Waals surface area contributed by atoms with Crippen LogP contribution < -0.4 is 10.6 Å². The molecule has 0 saturated heterocycles. The molecule has 0 bridgehead atoms. The number of hydrogen-bond acceptors (Lipinski definition) is 4. The lowest BCUT2D eigenvalue weighted by atomic mass is 10.1. The Kier molecular flexibility index (Phi) is 4.88. The summed E-state index contributed by atoms with van der Waals surface area (Å²) < 4.78 is 0. The van der Waals surface area contributed by atoms with E-state index in [2.05, 4.69) is 39.7 Å². The van der Waals surface area contributed by atoms with Crippen molar-refractivity contribution >= 4 is 11.8 Å². The Balaban J connectivity index is 1.78. The van der Waals surface area contributed by atoms with E-state index in [1.165, 1.54) is 32.1 Å². The van der Waals surface area contributed by atoms with Gasteiger partial charge in [0.2, 0.25) is 5.95 Å². The molecule has 1 saturated carbocycles. The standard InChI is InChI=1S/C18H24N4/c1-2-3-7-12-19-17-13-16(14-8-5-4-6-9-14)21-18(22-17)20-15-10-11-15/h4-6,8-9,13,15H,2-3,7,10-12H2,1H3,(H2,19,20,21,22). The maximum atomic E-state index is 4.67. The minimum Gasteiger partial charge on any atom is -0.370 e. The van der Waals surface area contributed by atoms with Crippen molar-refractivity contribution in [1.82, 2.24) is 9.97 Å². The minimum atomic E-state index is 0.555. The second kappa shape index (κ2) is 7.25. The van der Waals surface area contributed by atoms with Gasteiger partial charge in [-0.1, -0.05) is 50.1 Å². The molecular formula is C18H24N4. The second-order valence-electron chi connectivity index (χ2n) is 5.88. The zero-order chi connectivity index (χ0) is 15.2. The van der Waals surface area contributed by atoms with E-state index < -0.39 is 0 Å². The molecular weight excluding hydrogens is 272 g/mol. The van der Waals surface area contributed by atoms with Crippen molar-refractivity contribution in [3.63, 3.8) is 0 Å². The van der Waals surface area contributed by atoms with E-state index >= 15 is 0 Å². The van der Waals surface area contributed by atoms with Gasteiger partial charge >= 0.3 is 0 Å². The minimum absolute atomic E-state index is 0.555. The smallest absolute Gasteiger partial charge is 0.225 e. The third-order valence-corrected chi connectivity index (χ3v) is 3.79. The highest BCUT2D eigenvalue weighted by Gasteiger charge is 2.22. The molecule has 3 rings (SSSR count). The molecule has 1 fully saturated rings. The number of hydrogen-bond donors (Lipinski definition) is 2. The van der Waals surface area contributed by atoms with Gasteiger partial charge < -0.3 is 10.6 Å². The van der Waals surface area contributed by atoms with E-state index in [4.69, 9.17) is 0 Å². The fourth-order valence-electron chi connectivity index (χ4n) is 2.36. The lowest BCUT2D eigenvalue weighted by Gasteiger charge is -2.11. The van der Waals surface area contributed by atoms with Gasteiger partial charge in [-0.3, -0.25) is 0 Å². The molecule has 0 aliphatic heterocycles. The number of unbranched alkanes of at least 4 members (excludes halogenated alkanes) is 2. The third-order valence-electron chi connectivity index (χ3n) is 3.79. The molecule has 1 aromatic heterocycles. The van der Waals surface area contributed by atoms with Gasteiger partial charge in [-0.05, 0) is 19.3 Å². The number of nitrogens with one attached hydrogen (secondary N) is 2. The summed E-state index contributed by atoms with van der Waals surface area (Å²) in [7, 11) is 0. The van der Waals surface area contributed by atoms with Crippen molar-refractivity contribution in [2.45, 2.75) is 45.1 Å². The Hall–Kier alpha value is -2.10. The van der Waals surface area contributed by atoms with E-state index in [1.807, 2.05) is 24.3 Å². The van der Waals surface area contributed by atoms with Crippen molar-refractivity contribution in [3.05, 3.63) is 36.4 Å². The van der Waals surface area contributed by atoms with Gasteiger partial charge in [-0.15, -0.1) is 0 Å². The van der Waals surface area contributed by atoms with Crippen LogP contribution in [0.25, 0.3) is 11.3 Å². The van der Waals surface area contributed by atoms with Crippen molar-refractivity contribution < 1.29 is 0 Å². The van der Waals surface area contributed by atoms with Crippen LogP contribution in [0.3, 0.4) is 0 Å². The van der Waals surface area contributed by atoms with E-state index in [0.29, 0.717) is 6.04 Å². The summed E-state index contributed by atoms with van der Waals surface area (Å²) in [5.74, 6) is 1.65. The van der Waals surface area contributed by atoms with E-state index in [-0.39, 0.29) is 0 Å². The summed E-state index contributed by atoms with van der Waals surface area (Å²) in [6, 6.07) is 12.9. The van der Waals surface area contributed by atoms with Crippen LogP contribution in [0.15, 0.2) is 36.4 Å². The summed E-state index contributed by atoms with van der Waals surface area (Å²) in [5, 5.41) is 6.84. The summed E-state index contributed by atoms with van der Waals surface area (Å²) in [6.07, 6.45) is 6.09. The molecule has 0 amide bonds. The first-order valence-corrected chi connectivity index (χ1v) is 8.30. The van der Waals surface area contributed by atoms with Gasteiger partial charge in [0, 0.05) is 24.2 Å². The molecule has 2 N–H and O–H groups in total. The number of rotatable bonds is 8. The molecule has 4 nitrogen and oxygen atoms in total. The fourth-order valence-corrected chi connectivity index (χ4v) is 2.36. The molecule has 1 aromatic carbocycles. The van der Waals surface area contributed by atoms with Crippen LogP contribution in [0.1, 0.15) is 39.0 Å². The number of benzene rings is 1. The van der Waals surface area contributed by atoms with E-state index in [0.717, 1.165) is 29.6 Å². The first kappa shape index (κ1) is 14.8. The summed E-state index contributed by atoms with van der Waals surface area (Å²) >= 11 is 0. The average molecular weight is 296 g/mol. The molecule has 116 valence electrons. The quantitative estimate of drug-likeness (QED) is 0.712. The highest BCUT2D eigenvalue weighted by molar-refractivity contribution is 5.64. The van der Waals surface area contributed by atoms with Gasteiger partial charge in [0.15, 0.2) is 0 Å². The van der Waals surface area contributed by atoms with E-state index in [9.17, 15) is 0 Å². The monoisotopic (exact) mass is 296 g/mol. The summed E-state index contributed by atoms with van der Waals surface area (Å²) in [4.78, 5) is 9.27. The highest BCUT2D eigenvalue weighted by atomic mass is 15.2. The van der Waals surface area contributed by atoms with Crippen LogP contribution in [0.4, 0.5) is 11.8 Å². The zero-order valence-electron chi connectivity index (χ0n) is 13.2. The second-order valence-corrected chi connectivity index (χ2v) is 5.88. The Bertz CT molecular complexity index is 593. The SMILES string of the molecule is CCCCCNc1cc(-c2ccccc2)nc(NC2CC2)n1. The Labute approximate surface area is 132 Å². The van der Waals surface area contributed by atoms with Crippen LogP contribution in [0.5, 0.6) is 0 Å². The molecule has 2 aromatic rings.